The van der Waals surface area contributed by atoms with Gasteiger partial charge in [0.05, 0.1) is 24.7 Å². The summed E-state index contributed by atoms with van der Waals surface area (Å²) in [5, 5.41) is 4.06. The number of rotatable bonds is 4. The first kappa shape index (κ1) is 17.6. The fraction of sp³-hybridized carbons (Fsp3) is 0.208. The number of aryl methyl sites for hydroxylation is 1. The zero-order valence-electron chi connectivity index (χ0n) is 16.4. The predicted octanol–water partition coefficient (Wildman–Crippen LogP) is 4.94. The minimum Gasteiger partial charge on any atom is -0.495 e. The van der Waals surface area contributed by atoms with Crippen LogP contribution >= 0.6 is 0 Å². The van der Waals surface area contributed by atoms with Gasteiger partial charge in [0.25, 0.3) is 0 Å². The molecule has 5 heteroatoms. The Morgan fingerprint density at radius 3 is 2.79 bits per heavy atom. The van der Waals surface area contributed by atoms with Crippen molar-refractivity contribution in [3.63, 3.8) is 0 Å². The minimum absolute atomic E-state index is 0.650. The van der Waals surface area contributed by atoms with Gasteiger partial charge in [-0.15, -0.1) is 0 Å². The highest BCUT2D eigenvalue weighted by molar-refractivity contribution is 5.77. The van der Waals surface area contributed by atoms with Gasteiger partial charge in [0, 0.05) is 23.9 Å². The summed E-state index contributed by atoms with van der Waals surface area (Å²) in [4.78, 5) is 0. The van der Waals surface area contributed by atoms with Crippen LogP contribution in [-0.2, 0) is 19.4 Å². The van der Waals surface area contributed by atoms with Crippen molar-refractivity contribution in [2.24, 2.45) is 0 Å². The highest BCUT2D eigenvalue weighted by Crippen LogP contribution is 2.40. The Bertz CT molecular complexity index is 1160. The van der Waals surface area contributed by atoms with E-state index in [1.807, 2.05) is 24.4 Å². The molecule has 2 heterocycles. The Balaban J connectivity index is 1.66. The summed E-state index contributed by atoms with van der Waals surface area (Å²) in [6.45, 7) is 0.717. The van der Waals surface area contributed by atoms with Crippen molar-refractivity contribution in [2.45, 2.75) is 25.8 Å². The molecule has 0 spiro atoms. The van der Waals surface area contributed by atoms with Gasteiger partial charge in [0.2, 0.25) is 0 Å². The van der Waals surface area contributed by atoms with E-state index in [1.165, 1.54) is 22.4 Å². The smallest absolute Gasteiger partial charge is 0.171 e. The van der Waals surface area contributed by atoms with Crippen molar-refractivity contribution < 1.29 is 9.26 Å². The molecule has 0 saturated heterocycles. The van der Waals surface area contributed by atoms with Gasteiger partial charge in [0.1, 0.15) is 5.75 Å². The van der Waals surface area contributed by atoms with E-state index in [4.69, 9.17) is 15.0 Å². The lowest BCUT2D eigenvalue weighted by Crippen LogP contribution is -2.03. The minimum atomic E-state index is 0.650. The van der Waals surface area contributed by atoms with E-state index >= 15 is 0 Å². The zero-order chi connectivity index (χ0) is 19.8. The fourth-order valence-electron chi connectivity index (χ4n) is 4.30. The van der Waals surface area contributed by atoms with Gasteiger partial charge >= 0.3 is 0 Å². The second kappa shape index (κ2) is 7.17. The Labute approximate surface area is 169 Å². The van der Waals surface area contributed by atoms with Crippen LogP contribution in [0.2, 0.25) is 0 Å². The Morgan fingerprint density at radius 1 is 1.14 bits per heavy atom. The third kappa shape index (κ3) is 3.09. The van der Waals surface area contributed by atoms with Gasteiger partial charge in [-0.2, -0.15) is 0 Å². The molecule has 2 aromatic carbocycles. The van der Waals surface area contributed by atoms with Gasteiger partial charge in [0.15, 0.2) is 5.76 Å². The molecule has 0 unspecified atom stereocenters. The fourth-order valence-corrected chi connectivity index (χ4v) is 4.30. The third-order valence-electron chi connectivity index (χ3n) is 5.64. The molecular formula is C24H23N3O2. The number of fused-ring (bicyclic) bond motifs is 3. The highest BCUT2D eigenvalue weighted by atomic mass is 16.5. The number of hydrogen-bond donors (Lipinski definition) is 1. The quantitative estimate of drug-likeness (QED) is 0.506. The van der Waals surface area contributed by atoms with E-state index in [9.17, 15) is 0 Å². The van der Waals surface area contributed by atoms with E-state index in [1.54, 1.807) is 7.11 Å². The van der Waals surface area contributed by atoms with Crippen LogP contribution in [0.1, 0.15) is 23.1 Å². The molecule has 1 aliphatic rings. The number of nitrogens with two attached hydrogens (primary N) is 1. The first-order valence-electron chi connectivity index (χ1n) is 9.88. The number of benzene rings is 2. The molecule has 2 aromatic heterocycles. The molecule has 4 aromatic rings. The van der Waals surface area contributed by atoms with Crippen molar-refractivity contribution in [2.75, 3.05) is 12.8 Å². The van der Waals surface area contributed by atoms with E-state index in [0.717, 1.165) is 42.7 Å². The molecule has 0 saturated carbocycles. The summed E-state index contributed by atoms with van der Waals surface area (Å²) in [7, 11) is 1.64. The summed E-state index contributed by atoms with van der Waals surface area (Å²) in [6, 6.07) is 16.5. The van der Waals surface area contributed by atoms with E-state index in [0.29, 0.717) is 11.4 Å². The van der Waals surface area contributed by atoms with E-state index in [-0.39, 0.29) is 0 Å². The van der Waals surface area contributed by atoms with Crippen molar-refractivity contribution in [3.05, 3.63) is 77.6 Å². The summed E-state index contributed by atoms with van der Waals surface area (Å²) in [5.41, 5.74) is 14.0. The van der Waals surface area contributed by atoms with Crippen LogP contribution < -0.4 is 10.5 Å². The molecule has 0 fully saturated rings. The summed E-state index contributed by atoms with van der Waals surface area (Å²) < 4.78 is 13.3. The number of nitrogens with zero attached hydrogens (tertiary/aromatic N) is 2. The van der Waals surface area contributed by atoms with Gasteiger partial charge < -0.3 is 19.6 Å². The topological polar surface area (TPSA) is 66.2 Å². The number of ether oxygens (including phenoxy) is 1. The molecule has 1 aliphatic carbocycles. The second-order valence-electron chi connectivity index (χ2n) is 7.47. The van der Waals surface area contributed by atoms with Crippen LogP contribution in [0.3, 0.4) is 0 Å². The molecule has 5 nitrogen and oxygen atoms in total. The highest BCUT2D eigenvalue weighted by Gasteiger charge is 2.25. The van der Waals surface area contributed by atoms with E-state index in [2.05, 4.69) is 46.3 Å². The normalized spacial score (nSPS) is 12.9. The molecule has 29 heavy (non-hydrogen) atoms. The largest absolute Gasteiger partial charge is 0.495 e. The molecular weight excluding hydrogens is 362 g/mol. The van der Waals surface area contributed by atoms with Crippen molar-refractivity contribution in [1.82, 2.24) is 9.72 Å². The van der Waals surface area contributed by atoms with Crippen LogP contribution in [0.15, 0.2) is 65.4 Å². The number of anilines is 1. The van der Waals surface area contributed by atoms with Crippen LogP contribution in [0.5, 0.6) is 5.75 Å². The maximum absolute atomic E-state index is 6.14. The molecule has 146 valence electrons. The average Bonchev–Trinajstić information content (AvgIpc) is 3.30. The van der Waals surface area contributed by atoms with Crippen LogP contribution in [0.25, 0.3) is 22.6 Å². The lowest BCUT2D eigenvalue weighted by Gasteiger charge is -2.13. The lowest BCUT2D eigenvalue weighted by atomic mass is 10.0. The van der Waals surface area contributed by atoms with Crippen molar-refractivity contribution in [3.8, 4) is 28.3 Å². The Hall–Kier alpha value is -3.47. The van der Waals surface area contributed by atoms with Crippen LogP contribution in [0, 0.1) is 0 Å². The molecule has 0 radical (unpaired) electrons. The molecule has 0 bridgehead atoms. The van der Waals surface area contributed by atoms with Gasteiger partial charge in [-0.3, -0.25) is 0 Å². The summed E-state index contributed by atoms with van der Waals surface area (Å²) in [5.74, 6) is 1.61. The van der Waals surface area contributed by atoms with Gasteiger partial charge in [-0.05, 0) is 48.1 Å². The Kier molecular flexibility index (Phi) is 4.35. The number of methoxy groups -OCH3 is 1. The standard InChI is InChI=1S/C24H23N3O2/c1-28-22-11-10-16(12-21(22)25)14-27-15-20-19(23(27)17-6-3-2-4-7-17)9-5-8-18-13-26-29-24(18)20/h2-4,6-7,10-13,15H,5,8-9,14,25H2,1H3. The lowest BCUT2D eigenvalue weighted by molar-refractivity contribution is 0.417. The zero-order valence-corrected chi connectivity index (χ0v) is 16.4. The molecule has 5 rings (SSSR count). The van der Waals surface area contributed by atoms with Crippen LogP contribution in [0.4, 0.5) is 5.69 Å². The SMILES string of the molecule is COc1ccc(Cn2cc3c(c2-c2ccccc2)CCCc2cnoc2-3)cc1N. The number of hydrogen-bond acceptors (Lipinski definition) is 4. The maximum Gasteiger partial charge on any atom is 0.171 e. The molecule has 0 aliphatic heterocycles. The first-order chi connectivity index (χ1) is 14.2. The Morgan fingerprint density at radius 2 is 2.00 bits per heavy atom. The van der Waals surface area contributed by atoms with Crippen LogP contribution in [-0.4, -0.2) is 16.8 Å². The number of aromatic nitrogens is 2. The van der Waals surface area contributed by atoms with Gasteiger partial charge in [-0.1, -0.05) is 41.6 Å². The average molecular weight is 385 g/mol. The van der Waals surface area contributed by atoms with Crippen molar-refractivity contribution in [1.29, 1.82) is 0 Å². The first-order valence-corrected chi connectivity index (χ1v) is 9.88. The molecule has 0 amide bonds. The third-order valence-corrected chi connectivity index (χ3v) is 5.64. The predicted molar refractivity (Wildman–Crippen MR) is 114 cm³/mol. The molecule has 2 N–H and O–H groups in total. The number of nitrogen functional groups attached to an aromatic ring is 1. The summed E-state index contributed by atoms with van der Waals surface area (Å²) in [6.07, 6.45) is 7.15. The molecule has 0 atom stereocenters. The summed E-state index contributed by atoms with van der Waals surface area (Å²) >= 11 is 0. The van der Waals surface area contributed by atoms with E-state index < -0.39 is 0 Å². The maximum atomic E-state index is 6.14. The van der Waals surface area contributed by atoms with Crippen molar-refractivity contribution >= 4 is 5.69 Å². The monoisotopic (exact) mass is 385 g/mol. The van der Waals surface area contributed by atoms with Gasteiger partial charge in [-0.25, -0.2) is 0 Å². The second-order valence-corrected chi connectivity index (χ2v) is 7.47.